The third-order valence-electron chi connectivity index (χ3n) is 3.25. The van der Waals surface area contributed by atoms with Gasteiger partial charge in [0.25, 0.3) is 0 Å². The fourth-order valence-electron chi connectivity index (χ4n) is 2.05. The number of carbonyl (C=O) groups is 1. The second-order valence-electron chi connectivity index (χ2n) is 4.56. The van der Waals surface area contributed by atoms with Gasteiger partial charge in [-0.1, -0.05) is 13.8 Å². The lowest BCUT2D eigenvalue weighted by Gasteiger charge is -2.36. The number of piperidine rings is 1. The van der Waals surface area contributed by atoms with Crippen molar-refractivity contribution in [3.8, 4) is 0 Å². The fourth-order valence-corrected chi connectivity index (χ4v) is 2.05. The van der Waals surface area contributed by atoms with Crippen molar-refractivity contribution in [1.29, 1.82) is 0 Å². The van der Waals surface area contributed by atoms with Gasteiger partial charge in [0, 0.05) is 20.2 Å². The molecule has 1 N–H and O–H groups in total. The third kappa shape index (κ3) is 3.76. The summed E-state index contributed by atoms with van der Waals surface area (Å²) in [5, 5.41) is 3.14. The van der Waals surface area contributed by atoms with Crippen LogP contribution in [-0.2, 0) is 9.53 Å². The van der Waals surface area contributed by atoms with Crippen LogP contribution in [0, 0.1) is 5.92 Å². The van der Waals surface area contributed by atoms with Gasteiger partial charge in [-0.2, -0.15) is 0 Å². The maximum atomic E-state index is 11.8. The summed E-state index contributed by atoms with van der Waals surface area (Å²) in [6.45, 7) is 7.26. The van der Waals surface area contributed by atoms with Crippen molar-refractivity contribution in [2.45, 2.75) is 32.8 Å². The molecule has 1 aliphatic rings. The summed E-state index contributed by atoms with van der Waals surface area (Å²) in [6.07, 6.45) is 2.30. The van der Waals surface area contributed by atoms with Crippen LogP contribution < -0.4 is 5.32 Å². The Labute approximate surface area is 98.3 Å². The second kappa shape index (κ2) is 6.86. The van der Waals surface area contributed by atoms with Gasteiger partial charge in [0.1, 0.15) is 0 Å². The molecule has 4 heteroatoms. The topological polar surface area (TPSA) is 41.6 Å². The van der Waals surface area contributed by atoms with Gasteiger partial charge in [0.15, 0.2) is 0 Å². The van der Waals surface area contributed by atoms with Crippen LogP contribution >= 0.6 is 0 Å². The van der Waals surface area contributed by atoms with Gasteiger partial charge in [-0.15, -0.1) is 0 Å². The molecular weight excluding hydrogens is 204 g/mol. The highest BCUT2D eigenvalue weighted by molar-refractivity contribution is 5.78. The summed E-state index contributed by atoms with van der Waals surface area (Å²) in [7, 11) is 1.73. The monoisotopic (exact) mass is 228 g/mol. The van der Waals surface area contributed by atoms with Crippen LogP contribution in [-0.4, -0.2) is 50.2 Å². The highest BCUT2D eigenvalue weighted by atomic mass is 16.5. The van der Waals surface area contributed by atoms with E-state index in [4.69, 9.17) is 4.74 Å². The van der Waals surface area contributed by atoms with Gasteiger partial charge in [-0.05, 0) is 25.3 Å². The van der Waals surface area contributed by atoms with Crippen molar-refractivity contribution in [3.05, 3.63) is 0 Å². The average molecular weight is 228 g/mol. The predicted molar refractivity (Wildman–Crippen MR) is 64.3 cm³/mol. The number of amides is 1. The molecule has 1 aliphatic heterocycles. The lowest BCUT2D eigenvalue weighted by atomic mass is 9.96. The van der Waals surface area contributed by atoms with E-state index in [1.54, 1.807) is 7.11 Å². The van der Waals surface area contributed by atoms with Crippen molar-refractivity contribution in [3.63, 3.8) is 0 Å². The summed E-state index contributed by atoms with van der Waals surface area (Å²) >= 11 is 0. The zero-order chi connectivity index (χ0) is 12.0. The number of likely N-dealkylation sites (tertiary alicyclic amines) is 1. The maximum Gasteiger partial charge on any atom is 0.236 e. The van der Waals surface area contributed by atoms with Crippen molar-refractivity contribution < 1.29 is 9.53 Å². The lowest BCUT2D eigenvalue weighted by Crippen LogP contribution is -2.49. The molecule has 0 radical (unpaired) electrons. The van der Waals surface area contributed by atoms with Crippen molar-refractivity contribution in [2.24, 2.45) is 5.92 Å². The fraction of sp³-hybridized carbons (Fsp3) is 0.917. The Hall–Kier alpha value is -0.610. The molecule has 2 unspecified atom stereocenters. The van der Waals surface area contributed by atoms with Crippen molar-refractivity contribution in [2.75, 3.05) is 33.3 Å². The van der Waals surface area contributed by atoms with E-state index in [2.05, 4.69) is 19.2 Å². The largest absolute Gasteiger partial charge is 0.379 e. The highest BCUT2D eigenvalue weighted by Gasteiger charge is 2.28. The maximum absolute atomic E-state index is 11.8. The Kier molecular flexibility index (Phi) is 5.77. The third-order valence-corrected chi connectivity index (χ3v) is 3.25. The SMILES string of the molecule is CCCNCC(=O)N1CCC(C)C(OC)C1. The number of nitrogens with zero attached hydrogens (tertiary/aromatic N) is 1. The Morgan fingerprint density at radius 3 is 2.94 bits per heavy atom. The predicted octanol–water partition coefficient (Wildman–Crippen LogP) is 0.869. The summed E-state index contributed by atoms with van der Waals surface area (Å²) in [5.74, 6) is 0.750. The number of nitrogens with one attached hydrogen (secondary N) is 1. The van der Waals surface area contributed by atoms with Gasteiger partial charge in [-0.25, -0.2) is 0 Å². The number of hydrogen-bond acceptors (Lipinski definition) is 3. The van der Waals surface area contributed by atoms with E-state index in [9.17, 15) is 4.79 Å². The first-order valence-electron chi connectivity index (χ1n) is 6.20. The van der Waals surface area contributed by atoms with E-state index in [-0.39, 0.29) is 12.0 Å². The van der Waals surface area contributed by atoms with Crippen LogP contribution in [0.2, 0.25) is 0 Å². The van der Waals surface area contributed by atoms with E-state index in [1.165, 1.54) is 0 Å². The minimum absolute atomic E-state index is 0.197. The average Bonchev–Trinajstić information content (AvgIpc) is 2.30. The number of methoxy groups -OCH3 is 1. The quantitative estimate of drug-likeness (QED) is 0.710. The molecule has 0 bridgehead atoms. The Morgan fingerprint density at radius 1 is 1.56 bits per heavy atom. The molecule has 16 heavy (non-hydrogen) atoms. The van der Waals surface area contributed by atoms with E-state index in [1.807, 2.05) is 4.90 Å². The first-order valence-corrected chi connectivity index (χ1v) is 6.20. The molecule has 1 rings (SSSR count). The zero-order valence-corrected chi connectivity index (χ0v) is 10.7. The van der Waals surface area contributed by atoms with Crippen LogP contribution in [0.5, 0.6) is 0 Å². The summed E-state index contributed by atoms with van der Waals surface area (Å²) in [5.41, 5.74) is 0. The Bertz CT molecular complexity index is 221. The number of rotatable bonds is 5. The van der Waals surface area contributed by atoms with Crippen molar-refractivity contribution >= 4 is 5.91 Å². The first kappa shape index (κ1) is 13.5. The van der Waals surface area contributed by atoms with Crippen LogP contribution in [0.4, 0.5) is 0 Å². The first-order chi connectivity index (χ1) is 7.69. The number of hydrogen-bond donors (Lipinski definition) is 1. The molecule has 0 aromatic heterocycles. The Morgan fingerprint density at radius 2 is 2.31 bits per heavy atom. The van der Waals surface area contributed by atoms with Crippen LogP contribution in [0.25, 0.3) is 0 Å². The van der Waals surface area contributed by atoms with Gasteiger partial charge in [0.2, 0.25) is 5.91 Å². The minimum atomic E-state index is 0.197. The highest BCUT2D eigenvalue weighted by Crippen LogP contribution is 2.19. The van der Waals surface area contributed by atoms with Gasteiger partial charge in [-0.3, -0.25) is 4.79 Å². The molecule has 1 saturated heterocycles. The zero-order valence-electron chi connectivity index (χ0n) is 10.7. The molecule has 94 valence electrons. The van der Waals surface area contributed by atoms with Crippen LogP contribution in [0.3, 0.4) is 0 Å². The minimum Gasteiger partial charge on any atom is -0.379 e. The Balaban J connectivity index is 2.33. The van der Waals surface area contributed by atoms with Gasteiger partial charge >= 0.3 is 0 Å². The molecule has 0 saturated carbocycles. The van der Waals surface area contributed by atoms with Crippen LogP contribution in [0.1, 0.15) is 26.7 Å². The molecule has 0 spiro atoms. The van der Waals surface area contributed by atoms with E-state index >= 15 is 0 Å². The molecule has 4 nitrogen and oxygen atoms in total. The molecule has 1 amide bonds. The normalized spacial score (nSPS) is 25.8. The molecular formula is C12H24N2O2. The molecule has 0 aliphatic carbocycles. The smallest absolute Gasteiger partial charge is 0.236 e. The van der Waals surface area contributed by atoms with E-state index < -0.39 is 0 Å². The molecule has 1 fully saturated rings. The van der Waals surface area contributed by atoms with Gasteiger partial charge in [0.05, 0.1) is 12.6 Å². The lowest BCUT2D eigenvalue weighted by molar-refractivity contribution is -0.135. The number of ether oxygens (including phenoxy) is 1. The summed E-state index contributed by atoms with van der Waals surface area (Å²) < 4.78 is 5.40. The molecule has 0 aromatic rings. The van der Waals surface area contributed by atoms with E-state index in [0.717, 1.165) is 32.5 Å². The van der Waals surface area contributed by atoms with Crippen LogP contribution in [0.15, 0.2) is 0 Å². The standard InChI is InChI=1S/C12H24N2O2/c1-4-6-13-8-12(15)14-7-5-10(2)11(9-14)16-3/h10-11,13H,4-9H2,1-3H3. The summed E-state index contributed by atoms with van der Waals surface area (Å²) in [6, 6.07) is 0. The summed E-state index contributed by atoms with van der Waals surface area (Å²) in [4.78, 5) is 13.8. The van der Waals surface area contributed by atoms with E-state index in [0.29, 0.717) is 12.5 Å². The number of carbonyl (C=O) groups excluding carboxylic acids is 1. The van der Waals surface area contributed by atoms with Crippen molar-refractivity contribution in [1.82, 2.24) is 10.2 Å². The molecule has 1 heterocycles. The second-order valence-corrected chi connectivity index (χ2v) is 4.56. The van der Waals surface area contributed by atoms with Gasteiger partial charge < -0.3 is 15.0 Å². The molecule has 2 atom stereocenters. The molecule has 0 aromatic carbocycles.